The van der Waals surface area contributed by atoms with Gasteiger partial charge in [-0.15, -0.1) is 0 Å². The Bertz CT molecular complexity index is 76.9. The first-order valence-corrected chi connectivity index (χ1v) is 4.87. The highest BCUT2D eigenvalue weighted by Crippen LogP contribution is 2.20. The number of unbranched alkanes of at least 4 members (excludes halogenated alkanes) is 1. The molecule has 0 bridgehead atoms. The lowest BCUT2D eigenvalue weighted by molar-refractivity contribution is 0.171. The number of aliphatic hydroxyl groups excluding tert-OH is 1. The van der Waals surface area contributed by atoms with Gasteiger partial charge in [-0.25, -0.2) is 0 Å². The molecule has 0 amide bonds. The van der Waals surface area contributed by atoms with Crippen LogP contribution in [0.15, 0.2) is 0 Å². The Kier molecular flexibility index (Phi) is 6.63. The van der Waals surface area contributed by atoms with Crippen molar-refractivity contribution >= 4 is 0 Å². The number of rotatable bonds is 6. The van der Waals surface area contributed by atoms with Crippen molar-refractivity contribution in [1.29, 1.82) is 0 Å². The summed E-state index contributed by atoms with van der Waals surface area (Å²) >= 11 is 0. The van der Waals surface area contributed by atoms with E-state index in [1.54, 1.807) is 0 Å². The van der Waals surface area contributed by atoms with Crippen LogP contribution in [0.4, 0.5) is 0 Å². The lowest BCUT2D eigenvalue weighted by atomic mass is 9.88. The van der Waals surface area contributed by atoms with E-state index in [1.165, 1.54) is 19.3 Å². The van der Waals surface area contributed by atoms with Crippen molar-refractivity contribution in [2.75, 3.05) is 6.61 Å². The second kappa shape index (κ2) is 6.66. The summed E-state index contributed by atoms with van der Waals surface area (Å²) in [6.07, 6.45) is 4.96. The van der Waals surface area contributed by atoms with E-state index < -0.39 is 0 Å². The van der Waals surface area contributed by atoms with E-state index in [0.29, 0.717) is 18.4 Å². The summed E-state index contributed by atoms with van der Waals surface area (Å²) in [5, 5.41) is 9.00. The van der Waals surface area contributed by atoms with Gasteiger partial charge in [0.2, 0.25) is 0 Å². The Morgan fingerprint density at radius 1 is 1.27 bits per heavy atom. The first-order chi connectivity index (χ1) is 5.26. The molecule has 0 aliphatic carbocycles. The van der Waals surface area contributed by atoms with Crippen LogP contribution >= 0.6 is 0 Å². The molecule has 0 aromatic carbocycles. The minimum atomic E-state index is 0.362. The van der Waals surface area contributed by atoms with E-state index in [9.17, 15) is 0 Å². The first kappa shape index (κ1) is 11.0. The van der Waals surface area contributed by atoms with Gasteiger partial charge in [-0.3, -0.25) is 0 Å². The van der Waals surface area contributed by atoms with Crippen LogP contribution in [0.2, 0.25) is 0 Å². The fourth-order valence-corrected chi connectivity index (χ4v) is 1.47. The van der Waals surface area contributed by atoms with Gasteiger partial charge in [0, 0.05) is 6.61 Å². The molecule has 0 saturated carbocycles. The van der Waals surface area contributed by atoms with Crippen molar-refractivity contribution < 1.29 is 5.11 Å². The Labute approximate surface area is 70.8 Å². The van der Waals surface area contributed by atoms with Gasteiger partial charge >= 0.3 is 0 Å². The maximum Gasteiger partial charge on any atom is 0.0461 e. The maximum absolute atomic E-state index is 9.00. The zero-order valence-corrected chi connectivity index (χ0v) is 8.14. The summed E-state index contributed by atoms with van der Waals surface area (Å²) in [5.74, 6) is 1.23. The maximum atomic E-state index is 9.00. The molecule has 0 rings (SSSR count). The molecule has 0 heterocycles. The van der Waals surface area contributed by atoms with Gasteiger partial charge in [0.15, 0.2) is 0 Å². The molecule has 2 atom stereocenters. The standard InChI is InChI=1S/C10H22O/c1-4-6-7-9(3)10(5-2)8-11/h9-11H,4-8H2,1-3H3/t9-,10+/m1/s1. The van der Waals surface area contributed by atoms with Gasteiger partial charge in [-0.1, -0.05) is 46.5 Å². The summed E-state index contributed by atoms with van der Waals surface area (Å²) < 4.78 is 0. The minimum Gasteiger partial charge on any atom is -0.396 e. The fraction of sp³-hybridized carbons (Fsp3) is 1.00. The Hall–Kier alpha value is -0.0400. The third kappa shape index (κ3) is 4.41. The fourth-order valence-electron chi connectivity index (χ4n) is 1.47. The molecule has 68 valence electrons. The summed E-state index contributed by atoms with van der Waals surface area (Å²) in [4.78, 5) is 0. The SMILES string of the molecule is CCCC[C@@H](C)[C@@H](CC)CO. The van der Waals surface area contributed by atoms with E-state index in [4.69, 9.17) is 5.11 Å². The molecule has 0 aromatic rings. The lowest BCUT2D eigenvalue weighted by Gasteiger charge is -2.19. The largest absolute Gasteiger partial charge is 0.396 e. The predicted molar refractivity (Wildman–Crippen MR) is 49.6 cm³/mol. The second-order valence-corrected chi connectivity index (χ2v) is 3.47. The highest BCUT2D eigenvalue weighted by atomic mass is 16.3. The van der Waals surface area contributed by atoms with Crippen molar-refractivity contribution in [3.63, 3.8) is 0 Å². The molecular weight excluding hydrogens is 136 g/mol. The zero-order chi connectivity index (χ0) is 8.69. The summed E-state index contributed by atoms with van der Waals surface area (Å²) in [5.41, 5.74) is 0. The predicted octanol–water partition coefficient (Wildman–Crippen LogP) is 2.83. The van der Waals surface area contributed by atoms with Gasteiger partial charge in [0.05, 0.1) is 0 Å². The van der Waals surface area contributed by atoms with Crippen LogP contribution in [0.25, 0.3) is 0 Å². The molecule has 0 aliphatic heterocycles. The smallest absolute Gasteiger partial charge is 0.0461 e. The van der Waals surface area contributed by atoms with Gasteiger partial charge in [0.25, 0.3) is 0 Å². The van der Waals surface area contributed by atoms with Crippen LogP contribution in [0.3, 0.4) is 0 Å². The first-order valence-electron chi connectivity index (χ1n) is 4.87. The van der Waals surface area contributed by atoms with Crippen molar-refractivity contribution in [2.24, 2.45) is 11.8 Å². The molecule has 0 spiro atoms. The molecule has 0 aliphatic rings. The summed E-state index contributed by atoms with van der Waals surface area (Å²) in [6, 6.07) is 0. The molecular formula is C10H22O. The zero-order valence-electron chi connectivity index (χ0n) is 8.14. The van der Waals surface area contributed by atoms with Crippen LogP contribution in [0.5, 0.6) is 0 Å². The van der Waals surface area contributed by atoms with Crippen LogP contribution < -0.4 is 0 Å². The van der Waals surface area contributed by atoms with E-state index in [-0.39, 0.29) is 0 Å². The number of hydrogen-bond acceptors (Lipinski definition) is 1. The van der Waals surface area contributed by atoms with E-state index in [1.807, 2.05) is 0 Å². The highest BCUT2D eigenvalue weighted by Gasteiger charge is 2.12. The van der Waals surface area contributed by atoms with E-state index in [0.717, 1.165) is 6.42 Å². The molecule has 1 nitrogen and oxygen atoms in total. The molecule has 11 heavy (non-hydrogen) atoms. The number of aliphatic hydroxyl groups is 1. The third-order valence-electron chi connectivity index (χ3n) is 2.58. The van der Waals surface area contributed by atoms with E-state index >= 15 is 0 Å². The van der Waals surface area contributed by atoms with Crippen LogP contribution in [0.1, 0.15) is 46.5 Å². The van der Waals surface area contributed by atoms with Gasteiger partial charge < -0.3 is 5.11 Å². The molecule has 0 unspecified atom stereocenters. The summed E-state index contributed by atoms with van der Waals surface area (Å²) in [6.45, 7) is 6.98. The molecule has 0 fully saturated rings. The average molecular weight is 158 g/mol. The molecule has 0 aromatic heterocycles. The minimum absolute atomic E-state index is 0.362. The molecule has 1 N–H and O–H groups in total. The van der Waals surface area contributed by atoms with Gasteiger partial charge in [-0.2, -0.15) is 0 Å². The van der Waals surface area contributed by atoms with Crippen LogP contribution in [-0.2, 0) is 0 Å². The third-order valence-corrected chi connectivity index (χ3v) is 2.58. The molecule has 0 radical (unpaired) electrons. The van der Waals surface area contributed by atoms with Crippen molar-refractivity contribution in [3.8, 4) is 0 Å². The Balaban J connectivity index is 3.51. The number of hydrogen-bond donors (Lipinski definition) is 1. The highest BCUT2D eigenvalue weighted by molar-refractivity contribution is 4.63. The molecule has 0 saturated heterocycles. The lowest BCUT2D eigenvalue weighted by Crippen LogP contribution is -2.14. The van der Waals surface area contributed by atoms with Crippen molar-refractivity contribution in [3.05, 3.63) is 0 Å². The average Bonchev–Trinajstić information content (AvgIpc) is 2.03. The van der Waals surface area contributed by atoms with Crippen molar-refractivity contribution in [1.82, 2.24) is 0 Å². The van der Waals surface area contributed by atoms with E-state index in [2.05, 4.69) is 20.8 Å². The topological polar surface area (TPSA) is 20.2 Å². The molecule has 1 heteroatoms. The normalized spacial score (nSPS) is 16.4. The van der Waals surface area contributed by atoms with Crippen molar-refractivity contribution in [2.45, 2.75) is 46.5 Å². The Morgan fingerprint density at radius 3 is 2.27 bits per heavy atom. The van der Waals surface area contributed by atoms with Gasteiger partial charge in [-0.05, 0) is 11.8 Å². The van der Waals surface area contributed by atoms with Gasteiger partial charge in [0.1, 0.15) is 0 Å². The Morgan fingerprint density at radius 2 is 1.91 bits per heavy atom. The summed E-state index contributed by atoms with van der Waals surface area (Å²) in [7, 11) is 0. The monoisotopic (exact) mass is 158 g/mol. The van der Waals surface area contributed by atoms with Crippen LogP contribution in [0, 0.1) is 11.8 Å². The van der Waals surface area contributed by atoms with Crippen LogP contribution in [-0.4, -0.2) is 11.7 Å². The quantitative estimate of drug-likeness (QED) is 0.630. The second-order valence-electron chi connectivity index (χ2n) is 3.47.